The number of aromatic hydroxyl groups is 1. The van der Waals surface area contributed by atoms with E-state index in [0.717, 1.165) is 5.56 Å². The summed E-state index contributed by atoms with van der Waals surface area (Å²) in [5.74, 6) is -0.617. The summed E-state index contributed by atoms with van der Waals surface area (Å²) < 4.78 is 94.4. The Kier molecular flexibility index (Phi) is 12.8. The number of phosphoric ester groups is 1. The van der Waals surface area contributed by atoms with Crippen LogP contribution < -0.4 is 15.4 Å². The van der Waals surface area contributed by atoms with Gasteiger partial charge in [-0.15, -0.1) is 0 Å². The van der Waals surface area contributed by atoms with Gasteiger partial charge in [-0.1, -0.05) is 12.1 Å². The maximum Gasteiger partial charge on any atom is 0.471 e. The van der Waals surface area contributed by atoms with Crippen molar-refractivity contribution >= 4 is 49.3 Å². The maximum absolute atomic E-state index is 14.3. The first kappa shape index (κ1) is 40.5. The van der Waals surface area contributed by atoms with E-state index in [1.807, 2.05) is 0 Å². The molecule has 0 bridgehead atoms. The van der Waals surface area contributed by atoms with Gasteiger partial charge >= 0.3 is 21.6 Å². The zero-order valence-corrected chi connectivity index (χ0v) is 31.2. The van der Waals surface area contributed by atoms with Gasteiger partial charge in [0.25, 0.3) is 0 Å². The number of nitrogens with zero attached hydrogens (tertiary/aromatic N) is 3. The molecule has 0 atom stereocenters. The van der Waals surface area contributed by atoms with E-state index in [1.165, 1.54) is 11.7 Å². The summed E-state index contributed by atoms with van der Waals surface area (Å²) in [5.41, 5.74) is 0.825. The number of fused-ring (bicyclic) bond motifs is 1. The van der Waals surface area contributed by atoms with E-state index in [2.05, 4.69) is 25.1 Å². The predicted octanol–water partition coefficient (Wildman–Crippen LogP) is 8.06. The van der Waals surface area contributed by atoms with Gasteiger partial charge in [-0.2, -0.15) is 18.2 Å². The summed E-state index contributed by atoms with van der Waals surface area (Å²) in [7, 11) is -5.05. The van der Waals surface area contributed by atoms with Crippen molar-refractivity contribution < 1.29 is 60.2 Å². The highest BCUT2D eigenvalue weighted by atomic mass is 31.2. The molecule has 1 fully saturated rings. The fourth-order valence-corrected chi connectivity index (χ4v) is 8.20. The molecule has 5 rings (SSSR count). The molecule has 0 spiro atoms. The molecule has 0 saturated heterocycles. The number of methoxy groups -OCH3 is 1. The molecule has 2 aromatic heterocycles. The zero-order chi connectivity index (χ0) is 38.6. The topological polar surface area (TPSA) is 196 Å². The third-order valence-electron chi connectivity index (χ3n) is 8.69. The minimum absolute atomic E-state index is 0.0168. The fourth-order valence-electron chi connectivity index (χ4n) is 6.32. The number of aromatic nitrogens is 3. The summed E-state index contributed by atoms with van der Waals surface area (Å²) in [5, 5.41) is 17.7. The average Bonchev–Trinajstić information content (AvgIpc) is 3.39. The van der Waals surface area contributed by atoms with E-state index in [-0.39, 0.29) is 54.7 Å². The number of nitrogens with one attached hydrogen (secondary N) is 2. The number of alkyl halides is 3. The quantitative estimate of drug-likeness (QED) is 0.0540. The van der Waals surface area contributed by atoms with Crippen LogP contribution in [-0.2, 0) is 46.8 Å². The Hall–Kier alpha value is -3.73. The number of halogens is 3. The van der Waals surface area contributed by atoms with E-state index in [4.69, 9.17) is 28.3 Å². The number of hydrogen-bond acceptors (Lipinski definition) is 12. The highest BCUT2D eigenvalue weighted by Crippen LogP contribution is 2.52. The van der Waals surface area contributed by atoms with Crippen molar-refractivity contribution in [2.45, 2.75) is 63.9 Å². The molecule has 0 aliphatic heterocycles. The molecule has 5 N–H and O–H groups in total. The Bertz CT molecular complexity index is 1990. The Morgan fingerprint density at radius 1 is 0.981 bits per heavy atom. The van der Waals surface area contributed by atoms with Crippen molar-refractivity contribution in [2.24, 2.45) is 7.05 Å². The monoisotopic (exact) mass is 787 g/mol. The Labute approximate surface area is 303 Å². The van der Waals surface area contributed by atoms with Crippen molar-refractivity contribution in [3.63, 3.8) is 0 Å². The largest absolute Gasteiger partial charge is 0.495 e. The first-order chi connectivity index (χ1) is 25.0. The number of ether oxygens (including phenoxy) is 2. The second-order valence-corrected chi connectivity index (χ2v) is 15.6. The number of benzene rings is 2. The number of phosphoric acid groups is 1. The molecule has 0 radical (unpaired) electrons. The SMILES string of the molecule is CCOP(=O)(Cc1ccc(Nc2ncc(C(F)(F)F)c(Nc3ccc(C4CCC(OCOP(=O)(O)O)CC4)c4cn(C)c(O)c34)n2)c(OC)c1)OCC. The van der Waals surface area contributed by atoms with Crippen molar-refractivity contribution in [1.29, 1.82) is 0 Å². The van der Waals surface area contributed by atoms with Crippen LogP contribution in [0.3, 0.4) is 0 Å². The number of hydrogen-bond donors (Lipinski definition) is 5. The van der Waals surface area contributed by atoms with Gasteiger partial charge < -0.3 is 48.6 Å². The lowest BCUT2D eigenvalue weighted by Gasteiger charge is -2.29. The first-order valence-electron chi connectivity index (χ1n) is 16.7. The molecule has 2 aromatic carbocycles. The van der Waals surface area contributed by atoms with Crippen molar-refractivity contribution in [3.05, 3.63) is 59.4 Å². The van der Waals surface area contributed by atoms with Crippen LogP contribution in [0.15, 0.2) is 42.7 Å². The lowest BCUT2D eigenvalue weighted by molar-refractivity contribution is -0.137. The fraction of sp³-hybridized carbons (Fsp3) is 0.455. The molecule has 15 nitrogen and oxygen atoms in total. The van der Waals surface area contributed by atoms with E-state index >= 15 is 0 Å². The van der Waals surface area contributed by atoms with Gasteiger partial charge in [-0.3, -0.25) is 9.09 Å². The number of aryl methyl sites for hydroxylation is 1. The van der Waals surface area contributed by atoms with Gasteiger partial charge in [0.2, 0.25) is 11.8 Å². The molecule has 290 valence electrons. The average molecular weight is 788 g/mol. The van der Waals surface area contributed by atoms with Gasteiger partial charge in [-0.25, -0.2) is 9.55 Å². The third kappa shape index (κ3) is 10.1. The highest BCUT2D eigenvalue weighted by Gasteiger charge is 2.36. The number of anilines is 4. The predicted molar refractivity (Wildman–Crippen MR) is 190 cm³/mol. The molecule has 0 amide bonds. The van der Waals surface area contributed by atoms with Crippen LogP contribution in [0.1, 0.15) is 62.1 Å². The third-order valence-corrected chi connectivity index (χ3v) is 11.2. The highest BCUT2D eigenvalue weighted by molar-refractivity contribution is 7.53. The van der Waals surface area contributed by atoms with Crippen molar-refractivity contribution in [2.75, 3.05) is 37.8 Å². The smallest absolute Gasteiger partial charge is 0.471 e. The summed E-state index contributed by atoms with van der Waals surface area (Å²) in [4.78, 5) is 25.9. The van der Waals surface area contributed by atoms with Crippen LogP contribution in [0.2, 0.25) is 0 Å². The molecule has 4 aromatic rings. The van der Waals surface area contributed by atoms with Gasteiger partial charge in [0, 0.05) is 24.8 Å². The van der Waals surface area contributed by atoms with Gasteiger partial charge in [0.15, 0.2) is 6.79 Å². The minimum atomic E-state index is -4.83. The molecular formula is C33H42F3N5O10P2. The van der Waals surface area contributed by atoms with Gasteiger partial charge in [0.1, 0.15) is 17.1 Å². The lowest BCUT2D eigenvalue weighted by atomic mass is 9.81. The minimum Gasteiger partial charge on any atom is -0.495 e. The van der Waals surface area contributed by atoms with E-state index < -0.39 is 39.8 Å². The summed E-state index contributed by atoms with van der Waals surface area (Å²) >= 11 is 0. The Balaban J connectivity index is 1.41. The molecule has 1 aliphatic carbocycles. The van der Waals surface area contributed by atoms with Crippen LogP contribution >= 0.6 is 15.4 Å². The normalized spacial score (nSPS) is 16.9. The first-order valence-corrected chi connectivity index (χ1v) is 20.0. The molecule has 20 heteroatoms. The van der Waals surface area contributed by atoms with Crippen LogP contribution in [-0.4, -0.2) is 62.6 Å². The molecule has 2 heterocycles. The summed E-state index contributed by atoms with van der Waals surface area (Å²) in [6, 6.07) is 8.23. The van der Waals surface area contributed by atoms with Crippen molar-refractivity contribution in [3.8, 4) is 11.6 Å². The molecule has 1 aliphatic rings. The van der Waals surface area contributed by atoms with Gasteiger partial charge in [-0.05, 0) is 74.8 Å². The Morgan fingerprint density at radius 3 is 2.28 bits per heavy atom. The Morgan fingerprint density at radius 2 is 1.66 bits per heavy atom. The second kappa shape index (κ2) is 16.7. The van der Waals surface area contributed by atoms with Gasteiger partial charge in [0.05, 0.1) is 49.4 Å². The molecule has 0 unspecified atom stereocenters. The summed E-state index contributed by atoms with van der Waals surface area (Å²) in [6.07, 6.45) is -0.298. The maximum atomic E-state index is 14.3. The van der Waals surface area contributed by atoms with Crippen LogP contribution in [0.4, 0.5) is 36.3 Å². The molecule has 1 saturated carbocycles. The molecule has 53 heavy (non-hydrogen) atoms. The van der Waals surface area contributed by atoms with E-state index in [1.54, 1.807) is 57.4 Å². The van der Waals surface area contributed by atoms with Crippen LogP contribution in [0, 0.1) is 0 Å². The van der Waals surface area contributed by atoms with Crippen LogP contribution in [0.5, 0.6) is 11.6 Å². The van der Waals surface area contributed by atoms with E-state index in [0.29, 0.717) is 53.9 Å². The lowest BCUT2D eigenvalue weighted by Crippen LogP contribution is -2.22. The van der Waals surface area contributed by atoms with Crippen molar-refractivity contribution in [1.82, 2.24) is 14.5 Å². The second-order valence-electron chi connectivity index (χ2n) is 12.3. The van der Waals surface area contributed by atoms with Crippen LogP contribution in [0.25, 0.3) is 10.8 Å². The standard InChI is InChI=1S/C33H42F3N5O10P2/c1-5-49-52(43,50-6-2)18-20-7-13-26(28(15-20)47-4)39-32-37-16-25(33(34,35)36)30(40-32)38-27-14-12-23(24-17-41(3)31(42)29(24)27)21-8-10-22(11-9-21)48-19-51-53(44,45)46/h7,12-17,21-22,42H,5-6,8-11,18-19H2,1-4H3,(H2,44,45,46)(H2,37,38,39,40). The molecular weight excluding hydrogens is 745 g/mol. The van der Waals surface area contributed by atoms with E-state index in [9.17, 15) is 27.4 Å². The number of rotatable bonds is 16. The zero-order valence-electron chi connectivity index (χ0n) is 29.4. The summed E-state index contributed by atoms with van der Waals surface area (Å²) in [6.45, 7) is 3.26.